The summed E-state index contributed by atoms with van der Waals surface area (Å²) < 4.78 is 0. The summed E-state index contributed by atoms with van der Waals surface area (Å²) in [4.78, 5) is 0. The Morgan fingerprint density at radius 3 is 1.21 bits per heavy atom. The van der Waals surface area contributed by atoms with Crippen molar-refractivity contribution in [1.29, 1.82) is 0 Å². The van der Waals surface area contributed by atoms with Crippen molar-refractivity contribution in [3.8, 4) is 55.6 Å². The molecule has 1 nitrogen and oxygen atoms in total. The third-order valence-electron chi connectivity index (χ3n) is 7.90. The lowest BCUT2D eigenvalue weighted by Gasteiger charge is -2.17. The fourth-order valence-electron chi connectivity index (χ4n) is 5.67. The molecule has 0 saturated carbocycles. The molecule has 1 heteroatoms. The van der Waals surface area contributed by atoms with E-state index < -0.39 is 0 Å². The van der Waals surface area contributed by atoms with Crippen LogP contribution >= 0.6 is 0 Å². The number of rotatable bonds is 7. The Balaban J connectivity index is 1.28. The molecular weight excluding hydrogens is 518 g/mol. The maximum absolute atomic E-state index is 3.70. The lowest BCUT2D eigenvalue weighted by atomic mass is 9.90. The van der Waals surface area contributed by atoms with Crippen LogP contribution in [0.2, 0.25) is 0 Å². The smallest absolute Gasteiger partial charge is 0.0464 e. The number of hydrogen-bond donors (Lipinski definition) is 1. The lowest BCUT2D eigenvalue weighted by molar-refractivity contribution is 1.51. The van der Waals surface area contributed by atoms with E-state index in [4.69, 9.17) is 0 Å². The molecule has 0 atom stereocenters. The largest absolute Gasteiger partial charge is 0.355 e. The molecule has 0 aliphatic heterocycles. The minimum Gasteiger partial charge on any atom is -0.355 e. The van der Waals surface area contributed by atoms with E-state index in [-0.39, 0.29) is 0 Å². The Kier molecular flexibility index (Phi) is 7.36. The minimum atomic E-state index is 1.06. The maximum atomic E-state index is 3.70. The van der Waals surface area contributed by atoms with E-state index in [0.29, 0.717) is 0 Å². The van der Waals surface area contributed by atoms with Crippen molar-refractivity contribution in [3.05, 3.63) is 182 Å². The topological polar surface area (TPSA) is 12.0 Å². The van der Waals surface area contributed by atoms with E-state index in [1.807, 2.05) is 6.07 Å². The fraction of sp³-hybridized carbons (Fsp3) is 0. The van der Waals surface area contributed by atoms with Gasteiger partial charge < -0.3 is 5.32 Å². The summed E-state index contributed by atoms with van der Waals surface area (Å²) >= 11 is 0. The molecule has 0 spiro atoms. The average Bonchev–Trinajstić information content (AvgIpc) is 3.10. The van der Waals surface area contributed by atoms with E-state index in [1.165, 1.54) is 55.6 Å². The first kappa shape index (κ1) is 26.3. The van der Waals surface area contributed by atoms with Gasteiger partial charge in [0.2, 0.25) is 0 Å². The van der Waals surface area contributed by atoms with Crippen LogP contribution in [0.5, 0.6) is 0 Å². The van der Waals surface area contributed by atoms with Gasteiger partial charge in [0.1, 0.15) is 0 Å². The highest BCUT2D eigenvalue weighted by molar-refractivity contribution is 5.90. The molecule has 0 saturated heterocycles. The van der Waals surface area contributed by atoms with Crippen LogP contribution in [0.25, 0.3) is 55.6 Å². The van der Waals surface area contributed by atoms with Crippen LogP contribution in [0.4, 0.5) is 11.4 Å². The van der Waals surface area contributed by atoms with Gasteiger partial charge in [-0.05, 0) is 80.4 Å². The molecule has 0 aliphatic rings. The summed E-state index contributed by atoms with van der Waals surface area (Å²) in [5, 5.41) is 3.70. The predicted molar refractivity (Wildman–Crippen MR) is 183 cm³/mol. The van der Waals surface area contributed by atoms with Crippen LogP contribution < -0.4 is 5.32 Å². The molecule has 0 aliphatic carbocycles. The summed E-state index contributed by atoms with van der Waals surface area (Å²) in [5.41, 5.74) is 14.2. The van der Waals surface area contributed by atoms with Crippen LogP contribution in [0.3, 0.4) is 0 Å². The highest BCUT2D eigenvalue weighted by Gasteiger charge is 2.13. The van der Waals surface area contributed by atoms with Gasteiger partial charge in [0.25, 0.3) is 0 Å². The summed E-state index contributed by atoms with van der Waals surface area (Å²) in [6, 6.07) is 64.6. The molecule has 7 rings (SSSR count). The van der Waals surface area contributed by atoms with E-state index >= 15 is 0 Å². The quantitative estimate of drug-likeness (QED) is 0.208. The van der Waals surface area contributed by atoms with Crippen LogP contribution in [0, 0.1) is 0 Å². The van der Waals surface area contributed by atoms with Gasteiger partial charge in [-0.25, -0.2) is 0 Å². The molecular formula is C42H31N. The summed E-state index contributed by atoms with van der Waals surface area (Å²) in [7, 11) is 0. The zero-order chi connectivity index (χ0) is 28.8. The fourth-order valence-corrected chi connectivity index (χ4v) is 5.67. The Bertz CT molecular complexity index is 1940. The second-order valence-electron chi connectivity index (χ2n) is 10.7. The molecule has 0 amide bonds. The van der Waals surface area contributed by atoms with E-state index in [1.54, 1.807) is 0 Å². The molecule has 7 aromatic rings. The predicted octanol–water partition coefficient (Wildman–Crippen LogP) is 11.8. The van der Waals surface area contributed by atoms with E-state index in [0.717, 1.165) is 11.4 Å². The third kappa shape index (κ3) is 5.75. The Hall–Kier alpha value is -5.66. The van der Waals surface area contributed by atoms with Gasteiger partial charge in [-0.1, -0.05) is 152 Å². The van der Waals surface area contributed by atoms with Crippen LogP contribution in [-0.2, 0) is 0 Å². The monoisotopic (exact) mass is 549 g/mol. The van der Waals surface area contributed by atoms with Crippen LogP contribution in [-0.4, -0.2) is 0 Å². The second-order valence-corrected chi connectivity index (χ2v) is 10.7. The molecule has 0 radical (unpaired) electrons. The SMILES string of the molecule is c1ccc(-c2ccc(Nc3ccc(-c4ccc(-c5ccccc5)c(-c5ccccc5)c4)cc3-c3ccccc3)cc2)cc1. The van der Waals surface area contributed by atoms with Gasteiger partial charge in [0.05, 0.1) is 0 Å². The molecule has 43 heavy (non-hydrogen) atoms. The molecule has 0 aromatic heterocycles. The second kappa shape index (κ2) is 12.1. The number of benzene rings is 7. The first-order valence-electron chi connectivity index (χ1n) is 14.7. The molecule has 0 fully saturated rings. The summed E-state index contributed by atoms with van der Waals surface area (Å²) in [6.45, 7) is 0. The molecule has 0 heterocycles. The van der Waals surface area contributed by atoms with E-state index in [2.05, 4.69) is 181 Å². The van der Waals surface area contributed by atoms with Gasteiger partial charge in [-0.3, -0.25) is 0 Å². The van der Waals surface area contributed by atoms with Crippen molar-refractivity contribution in [2.75, 3.05) is 5.32 Å². The highest BCUT2D eigenvalue weighted by Crippen LogP contribution is 2.39. The zero-order valence-electron chi connectivity index (χ0n) is 23.8. The normalized spacial score (nSPS) is 10.8. The molecule has 7 aromatic carbocycles. The molecule has 204 valence electrons. The van der Waals surface area contributed by atoms with Crippen LogP contribution in [0.1, 0.15) is 0 Å². The van der Waals surface area contributed by atoms with Gasteiger partial charge >= 0.3 is 0 Å². The van der Waals surface area contributed by atoms with Crippen molar-refractivity contribution >= 4 is 11.4 Å². The molecule has 0 unspecified atom stereocenters. The lowest BCUT2D eigenvalue weighted by Crippen LogP contribution is -1.95. The van der Waals surface area contributed by atoms with Crippen molar-refractivity contribution in [3.63, 3.8) is 0 Å². The maximum Gasteiger partial charge on any atom is 0.0464 e. The van der Waals surface area contributed by atoms with Gasteiger partial charge in [0.15, 0.2) is 0 Å². The van der Waals surface area contributed by atoms with Crippen molar-refractivity contribution < 1.29 is 0 Å². The number of nitrogens with one attached hydrogen (secondary N) is 1. The van der Waals surface area contributed by atoms with Gasteiger partial charge in [-0.2, -0.15) is 0 Å². The third-order valence-corrected chi connectivity index (χ3v) is 7.90. The van der Waals surface area contributed by atoms with E-state index in [9.17, 15) is 0 Å². The first-order valence-corrected chi connectivity index (χ1v) is 14.7. The molecule has 1 N–H and O–H groups in total. The van der Waals surface area contributed by atoms with Gasteiger partial charge in [-0.15, -0.1) is 0 Å². The highest BCUT2D eigenvalue weighted by atomic mass is 14.9. The van der Waals surface area contributed by atoms with Gasteiger partial charge in [0, 0.05) is 16.9 Å². The Morgan fingerprint density at radius 1 is 0.256 bits per heavy atom. The standard InChI is InChI=1S/C42H31N/c1-5-13-31(14-6-1)32-21-25-38(26-22-32)43-42-28-24-37(30-41(42)35-19-11-4-12-20-35)36-23-27-39(33-15-7-2-8-16-33)40(29-36)34-17-9-3-10-18-34/h1-30,43H. The summed E-state index contributed by atoms with van der Waals surface area (Å²) in [6.07, 6.45) is 0. The zero-order valence-corrected chi connectivity index (χ0v) is 23.8. The number of anilines is 2. The minimum absolute atomic E-state index is 1.06. The van der Waals surface area contributed by atoms with Crippen molar-refractivity contribution in [2.24, 2.45) is 0 Å². The number of hydrogen-bond acceptors (Lipinski definition) is 1. The first-order chi connectivity index (χ1) is 21.3. The Labute approximate surface area is 253 Å². The van der Waals surface area contributed by atoms with Crippen LogP contribution in [0.15, 0.2) is 182 Å². The molecule has 0 bridgehead atoms. The van der Waals surface area contributed by atoms with Crippen molar-refractivity contribution in [2.45, 2.75) is 0 Å². The summed E-state index contributed by atoms with van der Waals surface area (Å²) in [5.74, 6) is 0. The Morgan fingerprint density at radius 2 is 0.651 bits per heavy atom. The van der Waals surface area contributed by atoms with Crippen molar-refractivity contribution in [1.82, 2.24) is 0 Å². The average molecular weight is 550 g/mol.